The van der Waals surface area contributed by atoms with E-state index in [1.807, 2.05) is 0 Å². The van der Waals surface area contributed by atoms with E-state index in [4.69, 9.17) is 5.11 Å². The summed E-state index contributed by atoms with van der Waals surface area (Å²) >= 11 is 0. The van der Waals surface area contributed by atoms with E-state index < -0.39 is 35.4 Å². The number of nitrogens with zero attached hydrogens (tertiary/aromatic N) is 1. The number of hydrogen-bond donors (Lipinski definition) is 4. The average molecular weight is 406 g/mol. The standard InChI is InChI=1S/C19H19FN2O5S/c20-12-2-3-14-16(7-21-17(14)6-12)11-1-4-19-15(5-11)18(10-24)22(28(19,26)27)8-13(25)9-23/h1-7,13,18,21,23-25H,8-10H2. The van der Waals surface area contributed by atoms with Gasteiger partial charge in [-0.25, -0.2) is 12.8 Å². The molecular weight excluding hydrogens is 387 g/mol. The second-order valence-electron chi connectivity index (χ2n) is 6.75. The molecule has 7 nitrogen and oxygen atoms in total. The molecule has 2 atom stereocenters. The van der Waals surface area contributed by atoms with E-state index in [-0.39, 0.29) is 17.3 Å². The summed E-state index contributed by atoms with van der Waals surface area (Å²) in [5.74, 6) is -0.362. The van der Waals surface area contributed by atoms with Crippen LogP contribution in [0.4, 0.5) is 4.39 Å². The molecule has 1 aliphatic heterocycles. The number of rotatable bonds is 5. The zero-order valence-electron chi connectivity index (χ0n) is 14.7. The molecule has 2 heterocycles. The average Bonchev–Trinajstić information content (AvgIpc) is 3.18. The van der Waals surface area contributed by atoms with Crippen LogP contribution in [-0.2, 0) is 10.0 Å². The number of H-pyrrole nitrogens is 1. The SMILES string of the molecule is O=S1(=O)c2ccc(-c3c[nH]c4cc(F)ccc34)cc2C(CO)N1CC(O)CO. The highest BCUT2D eigenvalue weighted by Crippen LogP contribution is 2.42. The molecule has 0 bridgehead atoms. The smallest absolute Gasteiger partial charge is 0.244 e. The van der Waals surface area contributed by atoms with Gasteiger partial charge in [0.05, 0.1) is 30.3 Å². The first-order chi connectivity index (χ1) is 13.4. The number of benzene rings is 2. The normalized spacial score (nSPS) is 19.8. The molecule has 0 radical (unpaired) electrons. The van der Waals surface area contributed by atoms with E-state index in [0.717, 1.165) is 20.8 Å². The molecule has 0 aliphatic carbocycles. The second kappa shape index (κ2) is 6.94. The van der Waals surface area contributed by atoms with Crippen LogP contribution in [0, 0.1) is 5.82 Å². The van der Waals surface area contributed by atoms with E-state index >= 15 is 0 Å². The van der Waals surface area contributed by atoms with Gasteiger partial charge in [-0.3, -0.25) is 0 Å². The molecule has 1 aromatic heterocycles. The van der Waals surface area contributed by atoms with E-state index in [1.165, 1.54) is 18.2 Å². The Morgan fingerprint density at radius 3 is 2.68 bits per heavy atom. The third-order valence-corrected chi connectivity index (χ3v) is 6.98. The van der Waals surface area contributed by atoms with Crippen LogP contribution in [0.25, 0.3) is 22.0 Å². The molecule has 0 saturated carbocycles. The number of β-amino-alcohol motifs (C(OH)–C–C–N with tert-alkyl or cyclic N) is 1. The van der Waals surface area contributed by atoms with Gasteiger partial charge in [0.2, 0.25) is 10.0 Å². The van der Waals surface area contributed by atoms with Gasteiger partial charge in [0.15, 0.2) is 0 Å². The van der Waals surface area contributed by atoms with Gasteiger partial charge in [0.25, 0.3) is 0 Å². The number of aliphatic hydroxyl groups is 3. The van der Waals surface area contributed by atoms with Gasteiger partial charge >= 0.3 is 0 Å². The third kappa shape index (κ3) is 2.92. The van der Waals surface area contributed by atoms with Crippen LogP contribution in [0.1, 0.15) is 11.6 Å². The van der Waals surface area contributed by atoms with Gasteiger partial charge in [-0.15, -0.1) is 0 Å². The lowest BCUT2D eigenvalue weighted by Crippen LogP contribution is -2.38. The summed E-state index contributed by atoms with van der Waals surface area (Å²) in [5, 5.41) is 29.4. The molecule has 1 aliphatic rings. The van der Waals surface area contributed by atoms with Crippen LogP contribution < -0.4 is 0 Å². The van der Waals surface area contributed by atoms with E-state index in [2.05, 4.69) is 4.98 Å². The van der Waals surface area contributed by atoms with E-state index in [0.29, 0.717) is 11.1 Å². The summed E-state index contributed by atoms with van der Waals surface area (Å²) in [5.41, 5.74) is 2.53. The van der Waals surface area contributed by atoms with Gasteiger partial charge in [-0.05, 0) is 41.5 Å². The monoisotopic (exact) mass is 406 g/mol. The Bertz CT molecular complexity index is 1140. The van der Waals surface area contributed by atoms with Crippen LogP contribution in [0.2, 0.25) is 0 Å². The number of sulfonamides is 1. The van der Waals surface area contributed by atoms with E-state index in [9.17, 15) is 23.0 Å². The largest absolute Gasteiger partial charge is 0.394 e. The third-order valence-electron chi connectivity index (χ3n) is 5.03. The maximum Gasteiger partial charge on any atom is 0.244 e. The van der Waals surface area contributed by atoms with Crippen molar-refractivity contribution in [2.24, 2.45) is 0 Å². The lowest BCUT2D eigenvalue weighted by atomic mass is 9.99. The lowest BCUT2D eigenvalue weighted by molar-refractivity contribution is 0.0651. The predicted molar refractivity (Wildman–Crippen MR) is 101 cm³/mol. The number of halogens is 1. The zero-order valence-corrected chi connectivity index (χ0v) is 15.5. The molecule has 28 heavy (non-hydrogen) atoms. The molecule has 0 fully saturated rings. The summed E-state index contributed by atoms with van der Waals surface area (Å²) in [7, 11) is -3.90. The van der Waals surface area contributed by atoms with Gasteiger partial charge in [0, 0.05) is 29.2 Å². The maximum atomic E-state index is 13.4. The minimum absolute atomic E-state index is 0.0614. The van der Waals surface area contributed by atoms with Crippen molar-refractivity contribution in [2.45, 2.75) is 17.0 Å². The van der Waals surface area contributed by atoms with Crippen molar-refractivity contribution in [1.82, 2.24) is 9.29 Å². The lowest BCUT2D eigenvalue weighted by Gasteiger charge is -2.23. The number of hydrogen-bond acceptors (Lipinski definition) is 5. The number of aliphatic hydroxyl groups excluding tert-OH is 3. The van der Waals surface area contributed by atoms with Crippen LogP contribution in [-0.4, -0.2) is 58.9 Å². The molecule has 0 saturated heterocycles. The highest BCUT2D eigenvalue weighted by molar-refractivity contribution is 7.89. The van der Waals surface area contributed by atoms with Crippen LogP contribution in [0.5, 0.6) is 0 Å². The van der Waals surface area contributed by atoms with Crippen molar-refractivity contribution in [3.63, 3.8) is 0 Å². The van der Waals surface area contributed by atoms with Crippen molar-refractivity contribution < 1.29 is 28.1 Å². The van der Waals surface area contributed by atoms with Crippen LogP contribution in [0.15, 0.2) is 47.5 Å². The van der Waals surface area contributed by atoms with Crippen molar-refractivity contribution in [1.29, 1.82) is 0 Å². The molecular formula is C19H19FN2O5S. The summed E-state index contributed by atoms with van der Waals surface area (Å²) in [6.45, 7) is -1.37. The van der Waals surface area contributed by atoms with Gasteiger partial charge < -0.3 is 20.3 Å². The molecule has 4 N–H and O–H groups in total. The summed E-state index contributed by atoms with van der Waals surface area (Å²) in [6, 6.07) is 8.33. The van der Waals surface area contributed by atoms with Crippen LogP contribution >= 0.6 is 0 Å². The topological polar surface area (TPSA) is 114 Å². The fourth-order valence-electron chi connectivity index (χ4n) is 3.68. The predicted octanol–water partition coefficient (Wildman–Crippen LogP) is 1.36. The summed E-state index contributed by atoms with van der Waals surface area (Å²) < 4.78 is 40.1. The number of nitrogens with one attached hydrogen (secondary N) is 1. The molecule has 2 aromatic carbocycles. The summed E-state index contributed by atoms with van der Waals surface area (Å²) in [6.07, 6.45) is 0.470. The van der Waals surface area contributed by atoms with Crippen molar-refractivity contribution >= 4 is 20.9 Å². The first-order valence-electron chi connectivity index (χ1n) is 8.69. The van der Waals surface area contributed by atoms with Gasteiger partial charge in [-0.1, -0.05) is 6.07 Å². The maximum absolute atomic E-state index is 13.4. The van der Waals surface area contributed by atoms with Gasteiger partial charge in [-0.2, -0.15) is 4.31 Å². The van der Waals surface area contributed by atoms with Crippen LogP contribution in [0.3, 0.4) is 0 Å². The molecule has 0 spiro atoms. The zero-order chi connectivity index (χ0) is 20.1. The first-order valence-corrected chi connectivity index (χ1v) is 10.1. The Balaban J connectivity index is 1.82. The quantitative estimate of drug-likeness (QED) is 0.511. The summed E-state index contributed by atoms with van der Waals surface area (Å²) in [4.78, 5) is 3.06. The molecule has 148 valence electrons. The molecule has 4 rings (SSSR count). The number of aromatic nitrogens is 1. The second-order valence-corrected chi connectivity index (χ2v) is 8.61. The number of aromatic amines is 1. The highest BCUT2D eigenvalue weighted by atomic mass is 32.2. The first kappa shape index (κ1) is 19.0. The molecule has 0 amide bonds. The Hall–Kier alpha value is -2.30. The minimum atomic E-state index is -3.90. The fraction of sp³-hybridized carbons (Fsp3) is 0.263. The Morgan fingerprint density at radius 2 is 1.96 bits per heavy atom. The highest BCUT2D eigenvalue weighted by Gasteiger charge is 2.43. The number of fused-ring (bicyclic) bond motifs is 2. The van der Waals surface area contributed by atoms with Crippen molar-refractivity contribution in [2.75, 3.05) is 19.8 Å². The van der Waals surface area contributed by atoms with Crippen molar-refractivity contribution in [3.8, 4) is 11.1 Å². The molecule has 9 heteroatoms. The minimum Gasteiger partial charge on any atom is -0.394 e. The fourth-order valence-corrected chi connectivity index (χ4v) is 5.55. The van der Waals surface area contributed by atoms with Gasteiger partial charge in [0.1, 0.15) is 5.82 Å². The molecule has 3 aromatic rings. The molecule has 2 unspecified atom stereocenters. The van der Waals surface area contributed by atoms with Crippen molar-refractivity contribution in [3.05, 3.63) is 54.0 Å². The Morgan fingerprint density at radius 1 is 1.18 bits per heavy atom. The Kier molecular flexibility index (Phi) is 4.72. The Labute approximate surface area is 160 Å². The van der Waals surface area contributed by atoms with E-state index in [1.54, 1.807) is 24.4 Å².